The molecule has 1 rings (SSSR count). The van der Waals surface area contributed by atoms with E-state index in [9.17, 15) is 0 Å². The van der Waals surface area contributed by atoms with Crippen LogP contribution in [-0.4, -0.2) is 35.3 Å². The molecule has 5 nitrogen and oxygen atoms in total. The zero-order valence-electron chi connectivity index (χ0n) is 9.57. The van der Waals surface area contributed by atoms with Gasteiger partial charge in [0, 0.05) is 26.5 Å². The van der Waals surface area contributed by atoms with E-state index in [1.165, 1.54) is 5.69 Å². The molecule has 0 bridgehead atoms. The Morgan fingerprint density at radius 1 is 1.40 bits per heavy atom. The highest BCUT2D eigenvalue weighted by atomic mass is 16.5. The Bertz CT molecular complexity index is 261. The summed E-state index contributed by atoms with van der Waals surface area (Å²) >= 11 is 0. The summed E-state index contributed by atoms with van der Waals surface area (Å²) in [4.78, 5) is 0. The fraction of sp³-hybridized carbons (Fsp3) is 0.800. The normalized spacial score (nSPS) is 10.9. The number of hydrogen-bond acceptors (Lipinski definition) is 4. The Balaban J connectivity index is 2.76. The van der Waals surface area contributed by atoms with Gasteiger partial charge in [-0.05, 0) is 13.0 Å². The van der Waals surface area contributed by atoms with Gasteiger partial charge in [-0.15, -0.1) is 5.10 Å². The van der Waals surface area contributed by atoms with E-state index < -0.39 is 0 Å². The van der Waals surface area contributed by atoms with Gasteiger partial charge in [0.15, 0.2) is 0 Å². The molecule has 0 radical (unpaired) electrons. The van der Waals surface area contributed by atoms with Gasteiger partial charge in [0.05, 0.1) is 18.0 Å². The van der Waals surface area contributed by atoms with E-state index in [4.69, 9.17) is 10.5 Å². The lowest BCUT2D eigenvalue weighted by atomic mass is 10.2. The highest BCUT2D eigenvalue weighted by Crippen LogP contribution is 2.08. The molecule has 1 aromatic rings. The zero-order valence-corrected chi connectivity index (χ0v) is 9.57. The number of rotatable bonds is 7. The number of ether oxygens (including phenoxy) is 1. The predicted octanol–water partition coefficient (Wildman–Crippen LogP) is 0.378. The summed E-state index contributed by atoms with van der Waals surface area (Å²) < 4.78 is 7.04. The third kappa shape index (κ3) is 3.28. The van der Waals surface area contributed by atoms with Crippen molar-refractivity contribution in [1.82, 2.24) is 15.0 Å². The van der Waals surface area contributed by atoms with Gasteiger partial charge in [0.25, 0.3) is 0 Å². The second-order valence-electron chi connectivity index (χ2n) is 3.49. The smallest absolute Gasteiger partial charge is 0.0872 e. The topological polar surface area (TPSA) is 66.0 Å². The fourth-order valence-electron chi connectivity index (χ4n) is 1.56. The van der Waals surface area contributed by atoms with Crippen LogP contribution in [0.2, 0.25) is 0 Å². The molecule has 0 aliphatic rings. The molecule has 1 heterocycles. The van der Waals surface area contributed by atoms with Crippen LogP contribution >= 0.6 is 0 Å². The van der Waals surface area contributed by atoms with E-state index in [-0.39, 0.29) is 0 Å². The third-order valence-corrected chi connectivity index (χ3v) is 2.28. The van der Waals surface area contributed by atoms with Crippen LogP contribution in [-0.2, 0) is 24.1 Å². The summed E-state index contributed by atoms with van der Waals surface area (Å²) in [6, 6.07) is 0. The van der Waals surface area contributed by atoms with Crippen LogP contribution in [0.25, 0.3) is 0 Å². The minimum atomic E-state index is 0.616. The van der Waals surface area contributed by atoms with E-state index in [1.807, 2.05) is 4.68 Å². The van der Waals surface area contributed by atoms with Crippen molar-refractivity contribution in [3.63, 3.8) is 0 Å². The molecule has 0 amide bonds. The standard InChI is InChI=1S/C10H20N4O/c1-3-7-14-10(5-8-15-2)9(4-6-11)12-13-14/h3-8,11H2,1-2H3. The van der Waals surface area contributed by atoms with E-state index in [0.29, 0.717) is 13.2 Å². The molecule has 0 aliphatic heterocycles. The SMILES string of the molecule is CCCn1nnc(CCN)c1CCOC. The minimum Gasteiger partial charge on any atom is -0.384 e. The molecule has 0 unspecified atom stereocenters. The molecule has 0 fully saturated rings. The van der Waals surface area contributed by atoms with Gasteiger partial charge in [-0.2, -0.15) is 0 Å². The maximum atomic E-state index is 5.53. The molecule has 2 N–H and O–H groups in total. The van der Waals surface area contributed by atoms with Gasteiger partial charge in [0.1, 0.15) is 0 Å². The first-order valence-electron chi connectivity index (χ1n) is 5.43. The Morgan fingerprint density at radius 2 is 2.20 bits per heavy atom. The summed E-state index contributed by atoms with van der Waals surface area (Å²) in [7, 11) is 1.70. The molecule has 0 saturated carbocycles. The average Bonchev–Trinajstić information content (AvgIpc) is 2.60. The van der Waals surface area contributed by atoms with Crippen LogP contribution in [0.3, 0.4) is 0 Å². The van der Waals surface area contributed by atoms with Crippen molar-refractivity contribution in [3.8, 4) is 0 Å². The summed E-state index contributed by atoms with van der Waals surface area (Å²) in [5, 5.41) is 8.29. The van der Waals surface area contributed by atoms with Gasteiger partial charge in [-0.1, -0.05) is 12.1 Å². The van der Waals surface area contributed by atoms with Gasteiger partial charge in [-0.25, -0.2) is 4.68 Å². The fourth-order valence-corrected chi connectivity index (χ4v) is 1.56. The Labute approximate surface area is 90.6 Å². The molecule has 1 aromatic heterocycles. The van der Waals surface area contributed by atoms with E-state index in [2.05, 4.69) is 17.2 Å². The third-order valence-electron chi connectivity index (χ3n) is 2.28. The molecule has 0 aliphatic carbocycles. The average molecular weight is 212 g/mol. The van der Waals surface area contributed by atoms with Crippen molar-refractivity contribution in [1.29, 1.82) is 0 Å². The van der Waals surface area contributed by atoms with Crippen molar-refractivity contribution in [2.75, 3.05) is 20.3 Å². The molecular formula is C10H20N4O. The molecule has 86 valence electrons. The number of hydrogen-bond donors (Lipinski definition) is 1. The number of aromatic nitrogens is 3. The lowest BCUT2D eigenvalue weighted by molar-refractivity contribution is 0.200. The van der Waals surface area contributed by atoms with Crippen molar-refractivity contribution in [2.24, 2.45) is 5.73 Å². The molecular weight excluding hydrogens is 192 g/mol. The highest BCUT2D eigenvalue weighted by molar-refractivity contribution is 5.11. The van der Waals surface area contributed by atoms with Gasteiger partial charge >= 0.3 is 0 Å². The predicted molar refractivity (Wildman–Crippen MR) is 58.7 cm³/mol. The molecule has 0 atom stereocenters. The maximum absolute atomic E-state index is 5.53. The molecule has 0 aromatic carbocycles. The van der Waals surface area contributed by atoms with Crippen LogP contribution < -0.4 is 5.73 Å². The minimum absolute atomic E-state index is 0.616. The number of aryl methyl sites for hydroxylation is 1. The van der Waals surface area contributed by atoms with Crippen molar-refractivity contribution >= 4 is 0 Å². The van der Waals surface area contributed by atoms with Crippen LogP contribution in [0.5, 0.6) is 0 Å². The first-order chi connectivity index (χ1) is 7.33. The van der Waals surface area contributed by atoms with Gasteiger partial charge < -0.3 is 10.5 Å². The van der Waals surface area contributed by atoms with Crippen molar-refractivity contribution < 1.29 is 4.74 Å². The van der Waals surface area contributed by atoms with Gasteiger partial charge in [-0.3, -0.25) is 0 Å². The first-order valence-corrected chi connectivity index (χ1v) is 5.43. The van der Waals surface area contributed by atoms with E-state index in [1.54, 1.807) is 7.11 Å². The summed E-state index contributed by atoms with van der Waals surface area (Å²) in [5.74, 6) is 0. The number of methoxy groups -OCH3 is 1. The van der Waals surface area contributed by atoms with Crippen LogP contribution in [0, 0.1) is 0 Å². The summed E-state index contributed by atoms with van der Waals surface area (Å²) in [5.41, 5.74) is 7.72. The Morgan fingerprint density at radius 3 is 2.80 bits per heavy atom. The van der Waals surface area contributed by atoms with Crippen molar-refractivity contribution in [2.45, 2.75) is 32.7 Å². The monoisotopic (exact) mass is 212 g/mol. The molecule has 0 saturated heterocycles. The van der Waals surface area contributed by atoms with E-state index >= 15 is 0 Å². The quantitative estimate of drug-likeness (QED) is 0.709. The maximum Gasteiger partial charge on any atom is 0.0872 e. The molecule has 0 spiro atoms. The first kappa shape index (κ1) is 12.1. The van der Waals surface area contributed by atoms with Crippen LogP contribution in [0.4, 0.5) is 0 Å². The number of nitrogens with two attached hydrogens (primary N) is 1. The number of nitrogens with zero attached hydrogens (tertiary/aromatic N) is 3. The van der Waals surface area contributed by atoms with Crippen molar-refractivity contribution in [3.05, 3.63) is 11.4 Å². The highest BCUT2D eigenvalue weighted by Gasteiger charge is 2.10. The molecule has 15 heavy (non-hydrogen) atoms. The van der Waals surface area contributed by atoms with Crippen LogP contribution in [0.15, 0.2) is 0 Å². The van der Waals surface area contributed by atoms with Gasteiger partial charge in [0.2, 0.25) is 0 Å². The second-order valence-corrected chi connectivity index (χ2v) is 3.49. The zero-order chi connectivity index (χ0) is 11.1. The Hall–Kier alpha value is -0.940. The summed E-state index contributed by atoms with van der Waals surface area (Å²) in [6.07, 6.45) is 2.72. The largest absolute Gasteiger partial charge is 0.384 e. The van der Waals surface area contributed by atoms with Crippen LogP contribution in [0.1, 0.15) is 24.7 Å². The second kappa shape index (κ2) is 6.53. The molecule has 5 heteroatoms. The summed E-state index contributed by atoms with van der Waals surface area (Å²) in [6.45, 7) is 4.36. The lowest BCUT2D eigenvalue weighted by Crippen LogP contribution is -2.10. The Kier molecular flexibility index (Phi) is 5.28. The van der Waals surface area contributed by atoms with E-state index in [0.717, 1.165) is 31.5 Å². The lowest BCUT2D eigenvalue weighted by Gasteiger charge is -2.05.